The molecular weight excluding hydrogens is 841 g/mol. The van der Waals surface area contributed by atoms with E-state index in [1.54, 1.807) is 0 Å². The van der Waals surface area contributed by atoms with Crippen molar-refractivity contribution in [2.75, 3.05) is 13.2 Å². The molecule has 404 valence electrons. The fraction of sp³-hybridized carbons (Fsp3) is 0.952. The molecule has 0 saturated carbocycles. The van der Waals surface area contributed by atoms with Crippen molar-refractivity contribution in [3.63, 3.8) is 0 Å². The summed E-state index contributed by atoms with van der Waals surface area (Å²) >= 11 is 0. The van der Waals surface area contributed by atoms with E-state index in [4.69, 9.17) is 14.2 Å². The van der Waals surface area contributed by atoms with Gasteiger partial charge in [-0.15, -0.1) is 0 Å². The summed E-state index contributed by atoms with van der Waals surface area (Å²) in [4.78, 5) is 38.2. The molecule has 0 heterocycles. The predicted octanol–water partition coefficient (Wildman–Crippen LogP) is 20.6. The SMILES string of the molecule is CCCCCCCCCCCCCCCCCCCCC(=O)O[C@@H](COC(=O)CCCCCCCCCCCCCCCC)COC(=O)CCCCCCCCCCCCCCCCCC(C)C. The zero-order valence-electron chi connectivity index (χ0n) is 46.6. The lowest BCUT2D eigenvalue weighted by atomic mass is 10.0. The Morgan fingerprint density at radius 1 is 0.279 bits per heavy atom. The molecule has 0 amide bonds. The maximum absolute atomic E-state index is 12.9. The third-order valence-corrected chi connectivity index (χ3v) is 14.3. The van der Waals surface area contributed by atoms with Crippen LogP contribution >= 0.6 is 0 Å². The molecule has 68 heavy (non-hydrogen) atoms. The minimum absolute atomic E-state index is 0.0614. The van der Waals surface area contributed by atoms with Crippen LogP contribution < -0.4 is 0 Å². The summed E-state index contributed by atoms with van der Waals surface area (Å²) in [6.45, 7) is 9.09. The highest BCUT2D eigenvalue weighted by Gasteiger charge is 2.19. The second-order valence-electron chi connectivity index (χ2n) is 21.8. The van der Waals surface area contributed by atoms with Crippen molar-refractivity contribution in [2.45, 2.75) is 361 Å². The van der Waals surface area contributed by atoms with Crippen LogP contribution in [-0.4, -0.2) is 37.2 Å². The number of esters is 3. The van der Waals surface area contributed by atoms with E-state index in [9.17, 15) is 14.4 Å². The number of carbonyl (C=O) groups is 3. The van der Waals surface area contributed by atoms with E-state index in [1.165, 1.54) is 250 Å². The smallest absolute Gasteiger partial charge is 0.306 e. The molecule has 0 unspecified atom stereocenters. The maximum atomic E-state index is 12.9. The zero-order chi connectivity index (χ0) is 49.5. The number of hydrogen-bond acceptors (Lipinski definition) is 6. The summed E-state index contributed by atoms with van der Waals surface area (Å²) in [6.07, 6.45) is 62.4. The number of rotatable bonds is 57. The first kappa shape index (κ1) is 66.4. The van der Waals surface area contributed by atoms with Gasteiger partial charge in [-0.1, -0.05) is 317 Å². The molecule has 0 aromatic rings. The minimum Gasteiger partial charge on any atom is -0.462 e. The van der Waals surface area contributed by atoms with Crippen LogP contribution in [0.1, 0.15) is 355 Å². The van der Waals surface area contributed by atoms with Gasteiger partial charge >= 0.3 is 17.9 Å². The summed E-state index contributed by atoms with van der Waals surface area (Å²) < 4.78 is 16.9. The first-order chi connectivity index (χ1) is 33.4. The summed E-state index contributed by atoms with van der Waals surface area (Å²) in [5, 5.41) is 0. The van der Waals surface area contributed by atoms with Gasteiger partial charge in [0.05, 0.1) is 0 Å². The first-order valence-electron chi connectivity index (χ1n) is 30.9. The molecule has 0 aromatic carbocycles. The molecule has 0 aromatic heterocycles. The lowest BCUT2D eigenvalue weighted by Crippen LogP contribution is -2.30. The largest absolute Gasteiger partial charge is 0.462 e. The third-order valence-electron chi connectivity index (χ3n) is 14.3. The standard InChI is InChI=1S/C62H120O6/c1-5-7-9-11-13-15-17-19-21-22-23-26-31-35-39-43-47-51-55-62(65)68-59(56-66-60(63)53-49-45-41-37-33-29-20-18-16-14-12-10-8-6-2)57-67-61(64)54-50-46-42-38-34-30-27-24-25-28-32-36-40-44-48-52-58(3)4/h58-59H,5-57H2,1-4H3/t59-/m0/s1. The first-order valence-corrected chi connectivity index (χ1v) is 30.9. The van der Waals surface area contributed by atoms with E-state index in [0.717, 1.165) is 63.7 Å². The average molecular weight is 962 g/mol. The molecule has 6 heteroatoms. The fourth-order valence-corrected chi connectivity index (χ4v) is 9.63. The Kier molecular flexibility index (Phi) is 55.0. The van der Waals surface area contributed by atoms with Gasteiger partial charge in [0.25, 0.3) is 0 Å². The fourth-order valence-electron chi connectivity index (χ4n) is 9.63. The second kappa shape index (κ2) is 56.3. The van der Waals surface area contributed by atoms with E-state index >= 15 is 0 Å². The Labute approximate surface area is 425 Å². The highest BCUT2D eigenvalue weighted by atomic mass is 16.6. The summed E-state index contributed by atoms with van der Waals surface area (Å²) in [5.41, 5.74) is 0. The van der Waals surface area contributed by atoms with Gasteiger partial charge in [-0.3, -0.25) is 14.4 Å². The second-order valence-corrected chi connectivity index (χ2v) is 21.8. The van der Waals surface area contributed by atoms with Crippen molar-refractivity contribution in [3.05, 3.63) is 0 Å². The Bertz CT molecular complexity index is 1030. The molecule has 0 spiro atoms. The van der Waals surface area contributed by atoms with E-state index < -0.39 is 6.10 Å². The Morgan fingerprint density at radius 2 is 0.485 bits per heavy atom. The number of ether oxygens (including phenoxy) is 3. The molecule has 6 nitrogen and oxygen atoms in total. The van der Waals surface area contributed by atoms with Crippen LogP contribution in [0.4, 0.5) is 0 Å². The van der Waals surface area contributed by atoms with Gasteiger partial charge in [0.1, 0.15) is 13.2 Å². The average Bonchev–Trinajstić information content (AvgIpc) is 3.32. The van der Waals surface area contributed by atoms with Crippen LogP contribution in [0, 0.1) is 5.92 Å². The lowest BCUT2D eigenvalue weighted by molar-refractivity contribution is -0.167. The maximum Gasteiger partial charge on any atom is 0.306 e. The molecule has 0 aliphatic heterocycles. The van der Waals surface area contributed by atoms with Gasteiger partial charge < -0.3 is 14.2 Å². The molecule has 0 radical (unpaired) electrons. The Morgan fingerprint density at radius 3 is 0.721 bits per heavy atom. The van der Waals surface area contributed by atoms with Crippen molar-refractivity contribution in [1.82, 2.24) is 0 Å². The monoisotopic (exact) mass is 961 g/mol. The summed E-state index contributed by atoms with van der Waals surface area (Å²) in [6, 6.07) is 0. The molecule has 0 saturated heterocycles. The van der Waals surface area contributed by atoms with Crippen molar-refractivity contribution in [1.29, 1.82) is 0 Å². The van der Waals surface area contributed by atoms with Crippen molar-refractivity contribution >= 4 is 17.9 Å². The van der Waals surface area contributed by atoms with E-state index in [-0.39, 0.29) is 31.1 Å². The minimum atomic E-state index is -0.762. The normalized spacial score (nSPS) is 12.0. The van der Waals surface area contributed by atoms with E-state index in [2.05, 4.69) is 27.7 Å². The Hall–Kier alpha value is -1.59. The van der Waals surface area contributed by atoms with Crippen molar-refractivity contribution in [3.8, 4) is 0 Å². The van der Waals surface area contributed by atoms with Crippen LogP contribution in [0.3, 0.4) is 0 Å². The van der Waals surface area contributed by atoms with Gasteiger partial charge in [-0.05, 0) is 25.2 Å². The molecule has 0 N–H and O–H groups in total. The Balaban J connectivity index is 4.28. The number of hydrogen-bond donors (Lipinski definition) is 0. The molecule has 0 aliphatic carbocycles. The predicted molar refractivity (Wildman–Crippen MR) is 293 cm³/mol. The van der Waals surface area contributed by atoms with Crippen LogP contribution in [0.25, 0.3) is 0 Å². The molecule has 0 aliphatic rings. The molecule has 1 atom stereocenters. The lowest BCUT2D eigenvalue weighted by Gasteiger charge is -2.18. The van der Waals surface area contributed by atoms with Crippen LogP contribution in [0.15, 0.2) is 0 Å². The van der Waals surface area contributed by atoms with Gasteiger partial charge in [0, 0.05) is 19.3 Å². The zero-order valence-corrected chi connectivity index (χ0v) is 46.6. The third kappa shape index (κ3) is 55.3. The highest BCUT2D eigenvalue weighted by Crippen LogP contribution is 2.18. The number of unbranched alkanes of at least 4 members (excludes halogenated alkanes) is 44. The van der Waals surface area contributed by atoms with Gasteiger partial charge in [-0.2, -0.15) is 0 Å². The van der Waals surface area contributed by atoms with Crippen molar-refractivity contribution < 1.29 is 28.6 Å². The molecule has 0 bridgehead atoms. The van der Waals surface area contributed by atoms with E-state index in [1.807, 2.05) is 0 Å². The molecule has 0 fully saturated rings. The van der Waals surface area contributed by atoms with Crippen molar-refractivity contribution in [2.24, 2.45) is 5.92 Å². The summed E-state index contributed by atoms with van der Waals surface area (Å²) in [7, 11) is 0. The van der Waals surface area contributed by atoms with Gasteiger partial charge in [-0.25, -0.2) is 0 Å². The van der Waals surface area contributed by atoms with Crippen LogP contribution in [0.5, 0.6) is 0 Å². The molecule has 0 rings (SSSR count). The quantitative estimate of drug-likeness (QED) is 0.0343. The highest BCUT2D eigenvalue weighted by molar-refractivity contribution is 5.71. The topological polar surface area (TPSA) is 78.9 Å². The van der Waals surface area contributed by atoms with Gasteiger partial charge in [0.15, 0.2) is 6.10 Å². The number of carbonyl (C=O) groups excluding carboxylic acids is 3. The van der Waals surface area contributed by atoms with Crippen LogP contribution in [-0.2, 0) is 28.6 Å². The molecular formula is C62H120O6. The van der Waals surface area contributed by atoms with Crippen LogP contribution in [0.2, 0.25) is 0 Å². The van der Waals surface area contributed by atoms with Gasteiger partial charge in [0.2, 0.25) is 0 Å². The summed E-state index contributed by atoms with van der Waals surface area (Å²) in [5.74, 6) is 0.0194. The van der Waals surface area contributed by atoms with E-state index in [0.29, 0.717) is 19.3 Å².